The molecular weight excluding hydrogens is 348 g/mol. The lowest BCUT2D eigenvalue weighted by Gasteiger charge is -2.11. The lowest BCUT2D eigenvalue weighted by atomic mass is 9.95. The molecule has 0 spiro atoms. The third kappa shape index (κ3) is 24.1. The summed E-state index contributed by atoms with van der Waals surface area (Å²) in [4.78, 5) is 0. The Kier molecular flexibility index (Phi) is 24.3. The third-order valence-corrected chi connectivity index (χ3v) is 6.99. The predicted octanol–water partition coefficient (Wildman–Crippen LogP) is 11.3. The van der Waals surface area contributed by atoms with Gasteiger partial charge >= 0.3 is 0 Å². The molecule has 0 aromatic heterocycles. The van der Waals surface area contributed by atoms with E-state index in [4.69, 9.17) is 0 Å². The number of hydrogen-bond donors (Lipinski definition) is 0. The molecule has 0 nitrogen and oxygen atoms in total. The first kappa shape index (κ1) is 29.0. The molecule has 0 unspecified atom stereocenters. The van der Waals surface area contributed by atoms with E-state index in [-0.39, 0.29) is 0 Å². The van der Waals surface area contributed by atoms with E-state index in [2.05, 4.69) is 27.7 Å². The molecule has 0 heterocycles. The summed E-state index contributed by atoms with van der Waals surface area (Å²) in [5, 5.41) is 0. The third-order valence-electron chi connectivity index (χ3n) is 6.99. The second kappa shape index (κ2) is 24.3. The molecule has 29 heavy (non-hydrogen) atoms. The number of unbranched alkanes of at least 4 members (excludes halogenated alkanes) is 16. The summed E-state index contributed by atoms with van der Waals surface area (Å²) in [5.74, 6) is 1.93. The van der Waals surface area contributed by atoms with Crippen LogP contribution in [-0.4, -0.2) is 0 Å². The SMILES string of the molecule is CCCCCCCCCC[C@@H](C)CCCCCCCCCCC[C@H](C)CCCC. The van der Waals surface area contributed by atoms with Crippen LogP contribution in [0, 0.1) is 11.8 Å². The Balaban J connectivity index is 3.18. The molecule has 0 aliphatic carbocycles. The lowest BCUT2D eigenvalue weighted by molar-refractivity contribution is 0.428. The Hall–Kier alpha value is 0. The van der Waals surface area contributed by atoms with Crippen LogP contribution in [0.4, 0.5) is 0 Å². The topological polar surface area (TPSA) is 0 Å². The highest BCUT2D eigenvalue weighted by molar-refractivity contribution is 4.57. The molecule has 0 saturated carbocycles. The van der Waals surface area contributed by atoms with Crippen LogP contribution >= 0.6 is 0 Å². The van der Waals surface area contributed by atoms with Crippen molar-refractivity contribution in [2.75, 3.05) is 0 Å². The van der Waals surface area contributed by atoms with Gasteiger partial charge in [0.2, 0.25) is 0 Å². The smallest absolute Gasteiger partial charge is 0.0443 e. The van der Waals surface area contributed by atoms with E-state index in [1.807, 2.05) is 0 Å². The first-order valence-electron chi connectivity index (χ1n) is 14.2. The Bertz CT molecular complexity index is 282. The van der Waals surface area contributed by atoms with Crippen LogP contribution in [0.1, 0.15) is 175 Å². The second-order valence-corrected chi connectivity index (χ2v) is 10.4. The fourth-order valence-electron chi connectivity index (χ4n) is 4.69. The Morgan fingerprint density at radius 2 is 0.552 bits per heavy atom. The minimum Gasteiger partial charge on any atom is -0.0654 e. The molecule has 0 rings (SSSR count). The average Bonchev–Trinajstić information content (AvgIpc) is 2.72. The van der Waals surface area contributed by atoms with Crippen LogP contribution in [-0.2, 0) is 0 Å². The zero-order valence-corrected chi connectivity index (χ0v) is 21.4. The van der Waals surface area contributed by atoms with Crippen molar-refractivity contribution in [3.05, 3.63) is 0 Å². The van der Waals surface area contributed by atoms with Crippen molar-refractivity contribution < 1.29 is 0 Å². The van der Waals surface area contributed by atoms with E-state index in [0.29, 0.717) is 0 Å². The normalized spacial score (nSPS) is 13.7. The van der Waals surface area contributed by atoms with Gasteiger partial charge < -0.3 is 0 Å². The van der Waals surface area contributed by atoms with Gasteiger partial charge in [-0.25, -0.2) is 0 Å². The van der Waals surface area contributed by atoms with Crippen LogP contribution in [0.25, 0.3) is 0 Å². The van der Waals surface area contributed by atoms with Gasteiger partial charge in [0.05, 0.1) is 0 Å². The first-order valence-corrected chi connectivity index (χ1v) is 14.2. The van der Waals surface area contributed by atoms with Gasteiger partial charge in [-0.15, -0.1) is 0 Å². The highest BCUT2D eigenvalue weighted by Crippen LogP contribution is 2.20. The maximum Gasteiger partial charge on any atom is -0.0443 e. The van der Waals surface area contributed by atoms with E-state index in [1.165, 1.54) is 148 Å². The maximum absolute atomic E-state index is 2.49. The fraction of sp³-hybridized carbons (Fsp3) is 1.00. The molecule has 176 valence electrons. The van der Waals surface area contributed by atoms with Crippen molar-refractivity contribution in [2.24, 2.45) is 11.8 Å². The van der Waals surface area contributed by atoms with E-state index in [0.717, 1.165) is 11.8 Å². The van der Waals surface area contributed by atoms with Crippen LogP contribution in [0.5, 0.6) is 0 Å². The van der Waals surface area contributed by atoms with Gasteiger partial charge in [0.15, 0.2) is 0 Å². The van der Waals surface area contributed by atoms with E-state index < -0.39 is 0 Å². The maximum atomic E-state index is 2.49. The van der Waals surface area contributed by atoms with Gasteiger partial charge in [-0.2, -0.15) is 0 Å². The Morgan fingerprint density at radius 3 is 0.862 bits per heavy atom. The summed E-state index contributed by atoms with van der Waals surface area (Å²) in [6.07, 6.45) is 33.7. The van der Waals surface area contributed by atoms with Crippen molar-refractivity contribution in [1.82, 2.24) is 0 Å². The predicted molar refractivity (Wildman–Crippen MR) is 136 cm³/mol. The molecule has 0 heteroatoms. The number of hydrogen-bond acceptors (Lipinski definition) is 0. The lowest BCUT2D eigenvalue weighted by Crippen LogP contribution is -1.95. The van der Waals surface area contributed by atoms with Crippen molar-refractivity contribution in [1.29, 1.82) is 0 Å². The Morgan fingerprint density at radius 1 is 0.310 bits per heavy atom. The molecule has 2 atom stereocenters. The first-order chi connectivity index (χ1) is 14.2. The average molecular weight is 409 g/mol. The highest BCUT2D eigenvalue weighted by atomic mass is 14.1. The summed E-state index contributed by atoms with van der Waals surface area (Å²) in [7, 11) is 0. The number of rotatable bonds is 24. The zero-order valence-electron chi connectivity index (χ0n) is 21.4. The summed E-state index contributed by atoms with van der Waals surface area (Å²) in [5.41, 5.74) is 0. The minimum atomic E-state index is 0.966. The van der Waals surface area contributed by atoms with Gasteiger partial charge in [-0.1, -0.05) is 175 Å². The molecule has 0 radical (unpaired) electrons. The van der Waals surface area contributed by atoms with Crippen LogP contribution in [0.2, 0.25) is 0 Å². The van der Waals surface area contributed by atoms with Crippen LogP contribution in [0.15, 0.2) is 0 Å². The van der Waals surface area contributed by atoms with E-state index >= 15 is 0 Å². The van der Waals surface area contributed by atoms with E-state index in [1.54, 1.807) is 0 Å². The molecule has 0 aliphatic rings. The van der Waals surface area contributed by atoms with Crippen molar-refractivity contribution in [2.45, 2.75) is 175 Å². The molecule has 0 aliphatic heterocycles. The molecule has 0 bridgehead atoms. The molecule has 0 fully saturated rings. The van der Waals surface area contributed by atoms with Crippen LogP contribution < -0.4 is 0 Å². The summed E-state index contributed by atoms with van der Waals surface area (Å²) < 4.78 is 0. The van der Waals surface area contributed by atoms with Gasteiger partial charge in [-0.05, 0) is 11.8 Å². The van der Waals surface area contributed by atoms with Crippen molar-refractivity contribution in [3.8, 4) is 0 Å². The summed E-state index contributed by atoms with van der Waals surface area (Å²) >= 11 is 0. The zero-order chi connectivity index (χ0) is 21.4. The highest BCUT2D eigenvalue weighted by Gasteiger charge is 2.03. The molecule has 0 saturated heterocycles. The van der Waals surface area contributed by atoms with Gasteiger partial charge in [0.25, 0.3) is 0 Å². The Labute approximate surface area is 187 Å². The van der Waals surface area contributed by atoms with Crippen molar-refractivity contribution in [3.63, 3.8) is 0 Å². The summed E-state index contributed by atoms with van der Waals surface area (Å²) in [6.45, 7) is 9.56. The van der Waals surface area contributed by atoms with Gasteiger partial charge in [0.1, 0.15) is 0 Å². The molecule has 0 amide bonds. The van der Waals surface area contributed by atoms with Crippen molar-refractivity contribution >= 4 is 0 Å². The van der Waals surface area contributed by atoms with E-state index in [9.17, 15) is 0 Å². The molecule has 0 aromatic rings. The molecule has 0 aromatic carbocycles. The summed E-state index contributed by atoms with van der Waals surface area (Å²) in [6, 6.07) is 0. The minimum absolute atomic E-state index is 0.966. The monoisotopic (exact) mass is 408 g/mol. The van der Waals surface area contributed by atoms with Gasteiger partial charge in [-0.3, -0.25) is 0 Å². The second-order valence-electron chi connectivity index (χ2n) is 10.4. The standard InChI is InChI=1S/C29H60/c1-5-7-9-10-11-15-18-22-26-29(4)27-23-20-17-14-12-13-16-19-21-25-28(3)24-8-6-2/h28-29H,5-27H2,1-4H3/t28-,29-/m1/s1. The molecular formula is C29H60. The van der Waals surface area contributed by atoms with Crippen LogP contribution in [0.3, 0.4) is 0 Å². The quantitative estimate of drug-likeness (QED) is 0.139. The van der Waals surface area contributed by atoms with Gasteiger partial charge in [0, 0.05) is 0 Å². The molecule has 0 N–H and O–H groups in total. The fourth-order valence-corrected chi connectivity index (χ4v) is 4.69. The largest absolute Gasteiger partial charge is 0.0654 e.